The minimum absolute atomic E-state index is 0.204. The molecule has 4 N–H and O–H groups in total. The number of aromatic nitrogens is 2. The predicted octanol–water partition coefficient (Wildman–Crippen LogP) is 9.91. The van der Waals surface area contributed by atoms with Gasteiger partial charge in [-0.15, -0.1) is 0 Å². The summed E-state index contributed by atoms with van der Waals surface area (Å²) in [6, 6.07) is 23.8. The molecule has 4 aromatic carbocycles. The third-order valence-electron chi connectivity index (χ3n) is 11.3. The van der Waals surface area contributed by atoms with Crippen molar-refractivity contribution < 1.29 is 23.7 Å². The van der Waals surface area contributed by atoms with Crippen LogP contribution >= 0.6 is 23.2 Å². The van der Waals surface area contributed by atoms with Gasteiger partial charge in [0.05, 0.1) is 28.4 Å². The highest BCUT2D eigenvalue weighted by molar-refractivity contribution is 6.32. The normalized spacial score (nSPS) is 14.3. The number of nitrogens with zero attached hydrogens (tertiary/aromatic N) is 3. The highest BCUT2D eigenvalue weighted by Crippen LogP contribution is 2.37. The fourth-order valence-corrected chi connectivity index (χ4v) is 8.10. The largest absolute Gasteiger partial charge is 0.488 e. The van der Waals surface area contributed by atoms with Crippen LogP contribution in [0.25, 0.3) is 11.1 Å². The number of nitrogens with one attached hydrogen (secondary N) is 2. The van der Waals surface area contributed by atoms with Crippen molar-refractivity contribution in [3.63, 3.8) is 0 Å². The van der Waals surface area contributed by atoms with E-state index in [1.807, 2.05) is 48.7 Å². The Bertz CT molecular complexity index is 2630. The summed E-state index contributed by atoms with van der Waals surface area (Å²) in [4.78, 5) is 12.9. The Balaban J connectivity index is 0.957. The maximum Gasteiger partial charge on any atom is 0.142 e. The molecule has 6 aromatic rings. The number of pyridine rings is 2. The summed E-state index contributed by atoms with van der Waals surface area (Å²) in [7, 11) is 0. The maximum atomic E-state index is 7.62. The molecule has 1 fully saturated rings. The Labute approximate surface area is 378 Å². The van der Waals surface area contributed by atoms with E-state index >= 15 is 0 Å². The number of hydrogen-bond acceptors (Lipinski definition) is 11. The van der Waals surface area contributed by atoms with Crippen LogP contribution in [0.3, 0.4) is 0 Å². The summed E-state index contributed by atoms with van der Waals surface area (Å²) < 4.78 is 31.2. The van der Waals surface area contributed by atoms with E-state index in [0.29, 0.717) is 65.0 Å². The number of nitrogens with two attached hydrogens (primary N) is 1. The van der Waals surface area contributed by atoms with Crippen LogP contribution in [0.4, 0.5) is 0 Å². The van der Waals surface area contributed by atoms with Gasteiger partial charge in [-0.05, 0) is 84.3 Å². The van der Waals surface area contributed by atoms with Gasteiger partial charge in [-0.3, -0.25) is 15.0 Å². The van der Waals surface area contributed by atoms with Gasteiger partial charge in [-0.1, -0.05) is 59.6 Å². The zero-order chi connectivity index (χ0) is 43.7. The fourth-order valence-electron chi connectivity index (χ4n) is 7.62. The Morgan fingerprint density at radius 1 is 0.730 bits per heavy atom. The fraction of sp³-hybridized carbons (Fsp3) is 0.280. The number of rotatable bonds is 20. The van der Waals surface area contributed by atoms with Crippen molar-refractivity contribution in [3.8, 4) is 34.1 Å². The number of benzene rings is 4. The lowest BCUT2D eigenvalue weighted by Crippen LogP contribution is -2.26. The van der Waals surface area contributed by atoms with E-state index < -0.39 is 0 Å². The third-order valence-corrected chi connectivity index (χ3v) is 11.9. The van der Waals surface area contributed by atoms with Gasteiger partial charge in [0.25, 0.3) is 0 Å². The summed E-state index contributed by atoms with van der Waals surface area (Å²) in [5, 5.41) is 12.1. The summed E-state index contributed by atoms with van der Waals surface area (Å²) in [5.41, 5.74) is 18.7. The molecule has 0 spiro atoms. The van der Waals surface area contributed by atoms with Crippen molar-refractivity contribution in [2.24, 2.45) is 10.7 Å². The predicted molar refractivity (Wildman–Crippen MR) is 248 cm³/mol. The van der Waals surface area contributed by atoms with Crippen LogP contribution < -0.4 is 30.0 Å². The molecule has 1 atom stereocenters. The SMILES string of the molecule is Cc1c(COc2cc(OCc3cncc(C4=NC4)c3)c(CN)cc2Cl)cccc1-c1cccc(COc2cc(OCc3cncc(C=N)c3)c(CNCC3CCCO3)cc2Cl)c1C. The zero-order valence-electron chi connectivity index (χ0n) is 35.4. The van der Waals surface area contributed by atoms with Gasteiger partial charge in [0.2, 0.25) is 0 Å². The van der Waals surface area contributed by atoms with Crippen LogP contribution in [0.2, 0.25) is 10.0 Å². The Kier molecular flexibility index (Phi) is 14.3. The molecule has 324 valence electrons. The summed E-state index contributed by atoms with van der Waals surface area (Å²) in [6.45, 7) is 8.51. The van der Waals surface area contributed by atoms with Crippen molar-refractivity contribution in [2.75, 3.05) is 19.7 Å². The lowest BCUT2D eigenvalue weighted by molar-refractivity contribution is 0.110. The highest BCUT2D eigenvalue weighted by atomic mass is 35.5. The Morgan fingerprint density at radius 3 is 1.90 bits per heavy atom. The van der Waals surface area contributed by atoms with E-state index in [2.05, 4.69) is 58.4 Å². The first-order valence-electron chi connectivity index (χ1n) is 21.0. The minimum Gasteiger partial charge on any atom is -0.488 e. The molecule has 1 saturated heterocycles. The first-order valence-corrected chi connectivity index (χ1v) is 21.8. The molecule has 0 bridgehead atoms. The molecule has 1 unspecified atom stereocenters. The van der Waals surface area contributed by atoms with Gasteiger partial charge >= 0.3 is 0 Å². The van der Waals surface area contributed by atoms with E-state index in [1.165, 1.54) is 6.21 Å². The second-order valence-corrected chi connectivity index (χ2v) is 16.5. The lowest BCUT2D eigenvalue weighted by Gasteiger charge is -2.19. The van der Waals surface area contributed by atoms with Crippen molar-refractivity contribution in [1.29, 1.82) is 5.41 Å². The zero-order valence-corrected chi connectivity index (χ0v) is 36.9. The first kappa shape index (κ1) is 43.8. The molecule has 0 radical (unpaired) electrons. The number of aliphatic imine (C=N–C) groups is 1. The first-order chi connectivity index (χ1) is 30.8. The number of halogens is 2. The number of ether oxygens (including phenoxy) is 5. The maximum absolute atomic E-state index is 7.62. The molecule has 8 rings (SSSR count). The van der Waals surface area contributed by atoms with Crippen molar-refractivity contribution in [2.45, 2.75) is 72.3 Å². The number of hydrogen-bond donors (Lipinski definition) is 3. The van der Waals surface area contributed by atoms with Crippen LogP contribution in [-0.4, -0.2) is 47.7 Å². The monoisotopic (exact) mass is 884 g/mol. The third kappa shape index (κ3) is 11.0. The molecule has 11 nitrogen and oxygen atoms in total. The van der Waals surface area contributed by atoms with Crippen molar-refractivity contribution in [1.82, 2.24) is 15.3 Å². The van der Waals surface area contributed by atoms with Crippen molar-refractivity contribution in [3.05, 3.63) is 163 Å². The van der Waals surface area contributed by atoms with E-state index in [4.69, 9.17) is 58.0 Å². The molecule has 2 aromatic heterocycles. The van der Waals surface area contributed by atoms with Crippen LogP contribution in [0.15, 0.2) is 103 Å². The van der Waals surface area contributed by atoms with E-state index in [-0.39, 0.29) is 19.3 Å². The highest BCUT2D eigenvalue weighted by Gasteiger charge is 2.19. The molecule has 0 aliphatic carbocycles. The second-order valence-electron chi connectivity index (χ2n) is 15.7. The summed E-state index contributed by atoms with van der Waals surface area (Å²) in [6.07, 6.45) is 10.6. The van der Waals surface area contributed by atoms with Gasteiger partial charge < -0.3 is 40.1 Å². The minimum atomic E-state index is 0.204. The van der Waals surface area contributed by atoms with Gasteiger partial charge in [-0.2, -0.15) is 0 Å². The van der Waals surface area contributed by atoms with Gasteiger partial charge in [-0.25, -0.2) is 0 Å². The molecule has 0 amide bonds. The van der Waals surface area contributed by atoms with Crippen molar-refractivity contribution >= 4 is 35.1 Å². The van der Waals surface area contributed by atoms with Crippen LogP contribution in [-0.2, 0) is 44.3 Å². The van der Waals surface area contributed by atoms with E-state index in [9.17, 15) is 0 Å². The Morgan fingerprint density at radius 2 is 1.32 bits per heavy atom. The average molecular weight is 886 g/mol. The lowest BCUT2D eigenvalue weighted by atomic mass is 9.92. The molecule has 2 aliphatic rings. The smallest absolute Gasteiger partial charge is 0.142 e. The molecule has 13 heteroatoms. The second kappa shape index (κ2) is 20.6. The average Bonchev–Trinajstić information content (AvgIpc) is 4.03. The summed E-state index contributed by atoms with van der Waals surface area (Å²) >= 11 is 13.6. The standard InChI is InChI=1S/C50H50Cl2N6O5/c1-31-36(29-62-49-16-47(38(19-54)14-44(49)51)60-28-35-13-39(23-56-22-35)46-26-58-46)6-3-9-42(31)43-10-4-7-37(32(43)2)30-63-50-17-48(61-27-34-12-33(18-53)20-55-21-34)40(15-45(50)52)24-57-25-41-8-5-11-59-41/h3-4,6-7,9-10,12-18,20-23,41,53,57H,5,8,11,19,24-30,54H2,1-2H3. The van der Waals surface area contributed by atoms with Gasteiger partial charge in [0.1, 0.15) is 49.4 Å². The topological polar surface area (TPSA) is 146 Å². The molecular formula is C50H50Cl2N6O5. The molecule has 0 saturated carbocycles. The van der Waals surface area contributed by atoms with Crippen LogP contribution in [0.1, 0.15) is 68.5 Å². The van der Waals surface area contributed by atoms with Crippen LogP contribution in [0, 0.1) is 19.3 Å². The molecule has 4 heterocycles. The van der Waals surface area contributed by atoms with Crippen LogP contribution in [0.5, 0.6) is 23.0 Å². The summed E-state index contributed by atoms with van der Waals surface area (Å²) in [5.74, 6) is 2.28. The quantitative estimate of drug-likeness (QED) is 0.0638. The Hall–Kier alpha value is -5.82. The van der Waals surface area contributed by atoms with E-state index in [0.717, 1.165) is 99.4 Å². The van der Waals surface area contributed by atoms with Gasteiger partial charge in [0.15, 0.2) is 0 Å². The molecule has 63 heavy (non-hydrogen) atoms. The molecular weight excluding hydrogens is 835 g/mol. The molecule has 2 aliphatic heterocycles. The van der Waals surface area contributed by atoms with Gasteiger partial charge in [0, 0.05) is 103 Å². The van der Waals surface area contributed by atoms with E-state index in [1.54, 1.807) is 24.7 Å².